The van der Waals surface area contributed by atoms with Crippen LogP contribution in [0.25, 0.3) is 0 Å². The van der Waals surface area contributed by atoms with E-state index in [-0.39, 0.29) is 5.88 Å². The molecule has 0 aliphatic heterocycles. The van der Waals surface area contributed by atoms with Gasteiger partial charge in [-0.25, -0.2) is 0 Å². The third kappa shape index (κ3) is 3.53. The van der Waals surface area contributed by atoms with Gasteiger partial charge in [-0.3, -0.25) is 4.79 Å². The van der Waals surface area contributed by atoms with Crippen molar-refractivity contribution < 1.29 is 9.90 Å². The molecule has 0 amide bonds. The Morgan fingerprint density at radius 2 is 2.33 bits per heavy atom. The molecule has 82 valence electrons. The average molecular weight is 228 g/mol. The van der Waals surface area contributed by atoms with E-state index in [0.29, 0.717) is 12.1 Å². The van der Waals surface area contributed by atoms with Crippen molar-refractivity contribution in [2.24, 2.45) is 0 Å². The van der Waals surface area contributed by atoms with Gasteiger partial charge in [0.25, 0.3) is 0 Å². The first kappa shape index (κ1) is 12.0. The molecule has 15 heavy (non-hydrogen) atoms. The van der Waals surface area contributed by atoms with Gasteiger partial charge in [0, 0.05) is 17.8 Å². The van der Waals surface area contributed by atoms with Gasteiger partial charge in [-0.2, -0.15) is 0 Å². The minimum absolute atomic E-state index is 0.176. The first-order valence-electron chi connectivity index (χ1n) is 4.71. The normalized spacial score (nSPS) is 12.2. The third-order valence-electron chi connectivity index (χ3n) is 2.04. The Kier molecular flexibility index (Phi) is 4.59. The van der Waals surface area contributed by atoms with Crippen LogP contribution in [0, 0.1) is 6.92 Å². The van der Waals surface area contributed by atoms with Crippen LogP contribution in [0.4, 0.5) is 5.69 Å². The maximum absolute atomic E-state index is 10.8. The maximum Gasteiger partial charge on any atom is 0.152 e. The van der Waals surface area contributed by atoms with Gasteiger partial charge in [0.05, 0.1) is 12.0 Å². The van der Waals surface area contributed by atoms with Gasteiger partial charge in [0.1, 0.15) is 0 Å². The predicted octanol–water partition coefficient (Wildman–Crippen LogP) is 1.82. The second-order valence-corrected chi connectivity index (χ2v) is 3.71. The highest BCUT2D eigenvalue weighted by atomic mass is 35.5. The third-order valence-corrected chi connectivity index (χ3v) is 2.40. The molecule has 3 nitrogen and oxygen atoms in total. The summed E-state index contributed by atoms with van der Waals surface area (Å²) in [5, 5.41) is 12.2. The fourth-order valence-corrected chi connectivity index (χ4v) is 1.33. The zero-order valence-electron chi connectivity index (χ0n) is 8.53. The number of alkyl halides is 1. The van der Waals surface area contributed by atoms with Crippen LogP contribution < -0.4 is 5.32 Å². The molecule has 1 rings (SSSR count). The van der Waals surface area contributed by atoms with Gasteiger partial charge in [-0.15, -0.1) is 11.6 Å². The smallest absolute Gasteiger partial charge is 0.152 e. The number of nitrogens with one attached hydrogen (secondary N) is 1. The van der Waals surface area contributed by atoms with Gasteiger partial charge in [0.15, 0.2) is 6.29 Å². The van der Waals surface area contributed by atoms with E-state index < -0.39 is 6.10 Å². The lowest BCUT2D eigenvalue weighted by Gasteiger charge is -2.12. The summed E-state index contributed by atoms with van der Waals surface area (Å²) in [7, 11) is 0. The summed E-state index contributed by atoms with van der Waals surface area (Å²) in [5.41, 5.74) is 2.34. The SMILES string of the molecule is Cc1ccc(NCC(O)CCl)c(C=O)c1. The summed E-state index contributed by atoms with van der Waals surface area (Å²) < 4.78 is 0. The van der Waals surface area contributed by atoms with Crippen molar-refractivity contribution in [2.45, 2.75) is 13.0 Å². The van der Waals surface area contributed by atoms with Crippen LogP contribution in [0.1, 0.15) is 15.9 Å². The number of aliphatic hydroxyl groups excluding tert-OH is 1. The molecule has 0 saturated heterocycles. The summed E-state index contributed by atoms with van der Waals surface area (Å²) in [5.74, 6) is 0.176. The summed E-state index contributed by atoms with van der Waals surface area (Å²) in [6, 6.07) is 5.52. The van der Waals surface area contributed by atoms with Crippen LogP contribution in [0.3, 0.4) is 0 Å². The van der Waals surface area contributed by atoms with Crippen LogP contribution in [-0.2, 0) is 0 Å². The van der Waals surface area contributed by atoms with E-state index in [1.807, 2.05) is 19.1 Å². The van der Waals surface area contributed by atoms with Crippen LogP contribution >= 0.6 is 11.6 Å². The zero-order chi connectivity index (χ0) is 11.3. The van der Waals surface area contributed by atoms with Crippen LogP contribution in [-0.4, -0.2) is 29.9 Å². The van der Waals surface area contributed by atoms with Gasteiger partial charge < -0.3 is 10.4 Å². The average Bonchev–Trinajstić information content (AvgIpc) is 2.26. The summed E-state index contributed by atoms with van der Waals surface area (Å²) in [6.07, 6.45) is 0.190. The van der Waals surface area contributed by atoms with Crippen molar-refractivity contribution >= 4 is 23.6 Å². The van der Waals surface area contributed by atoms with E-state index in [2.05, 4.69) is 5.32 Å². The standard InChI is InChI=1S/C11H14ClNO2/c1-8-2-3-11(9(4-8)7-14)13-6-10(15)5-12/h2-4,7,10,13,15H,5-6H2,1H3. The number of hydrogen-bond donors (Lipinski definition) is 2. The van der Waals surface area contributed by atoms with Crippen molar-refractivity contribution in [1.29, 1.82) is 0 Å². The lowest BCUT2D eigenvalue weighted by Crippen LogP contribution is -2.21. The second kappa shape index (κ2) is 5.73. The number of aliphatic hydroxyl groups is 1. The van der Waals surface area contributed by atoms with E-state index in [4.69, 9.17) is 11.6 Å². The Hall–Kier alpha value is -1.06. The van der Waals surface area contributed by atoms with E-state index in [9.17, 15) is 9.90 Å². The number of halogens is 1. The van der Waals surface area contributed by atoms with Gasteiger partial charge >= 0.3 is 0 Å². The molecule has 0 spiro atoms. The summed E-state index contributed by atoms with van der Waals surface area (Å²) in [4.78, 5) is 10.8. The fraction of sp³-hybridized carbons (Fsp3) is 0.364. The topological polar surface area (TPSA) is 49.3 Å². The summed E-state index contributed by atoms with van der Waals surface area (Å²) >= 11 is 5.46. The highest BCUT2D eigenvalue weighted by molar-refractivity contribution is 6.18. The summed E-state index contributed by atoms with van der Waals surface area (Å²) in [6.45, 7) is 2.26. The minimum atomic E-state index is -0.604. The molecule has 0 fully saturated rings. The molecule has 1 unspecified atom stereocenters. The minimum Gasteiger partial charge on any atom is -0.390 e. The highest BCUT2D eigenvalue weighted by Crippen LogP contribution is 2.15. The Balaban J connectivity index is 2.72. The number of carbonyl (C=O) groups is 1. The molecular weight excluding hydrogens is 214 g/mol. The van der Waals surface area contributed by atoms with Gasteiger partial charge in [0.2, 0.25) is 0 Å². The predicted molar refractivity (Wildman–Crippen MR) is 61.8 cm³/mol. The molecule has 0 saturated carbocycles. The second-order valence-electron chi connectivity index (χ2n) is 3.40. The maximum atomic E-state index is 10.8. The molecule has 4 heteroatoms. The van der Waals surface area contributed by atoms with Gasteiger partial charge in [-0.1, -0.05) is 11.6 Å². The van der Waals surface area contributed by atoms with E-state index in [1.54, 1.807) is 6.07 Å². The lowest BCUT2D eigenvalue weighted by molar-refractivity contribution is 0.112. The molecule has 2 N–H and O–H groups in total. The monoisotopic (exact) mass is 227 g/mol. The highest BCUT2D eigenvalue weighted by Gasteiger charge is 2.04. The van der Waals surface area contributed by atoms with Crippen molar-refractivity contribution in [2.75, 3.05) is 17.7 Å². The largest absolute Gasteiger partial charge is 0.390 e. The van der Waals surface area contributed by atoms with Crippen molar-refractivity contribution in [3.05, 3.63) is 29.3 Å². The number of aldehydes is 1. The van der Waals surface area contributed by atoms with E-state index in [1.165, 1.54) is 0 Å². The van der Waals surface area contributed by atoms with E-state index >= 15 is 0 Å². The molecule has 0 aliphatic carbocycles. The van der Waals surface area contributed by atoms with Crippen molar-refractivity contribution in [3.63, 3.8) is 0 Å². The molecular formula is C11H14ClNO2. The van der Waals surface area contributed by atoms with Crippen LogP contribution in [0.2, 0.25) is 0 Å². The Morgan fingerprint density at radius 1 is 1.60 bits per heavy atom. The number of anilines is 1. The first-order chi connectivity index (χ1) is 7.17. The van der Waals surface area contributed by atoms with E-state index in [0.717, 1.165) is 17.5 Å². The van der Waals surface area contributed by atoms with Crippen LogP contribution in [0.15, 0.2) is 18.2 Å². The fourth-order valence-electron chi connectivity index (χ4n) is 1.22. The molecule has 0 aliphatic rings. The number of aryl methyl sites for hydroxylation is 1. The lowest BCUT2D eigenvalue weighted by atomic mass is 10.1. The molecule has 0 heterocycles. The molecule has 0 bridgehead atoms. The zero-order valence-corrected chi connectivity index (χ0v) is 9.29. The number of benzene rings is 1. The quantitative estimate of drug-likeness (QED) is 0.596. The molecule has 0 radical (unpaired) electrons. The molecule has 1 atom stereocenters. The Labute approximate surface area is 94.1 Å². The van der Waals surface area contributed by atoms with Crippen LogP contribution in [0.5, 0.6) is 0 Å². The molecule has 1 aromatic rings. The number of hydrogen-bond acceptors (Lipinski definition) is 3. The Bertz CT molecular complexity index is 341. The molecule has 0 aromatic heterocycles. The first-order valence-corrected chi connectivity index (χ1v) is 5.24. The number of rotatable bonds is 5. The Morgan fingerprint density at radius 3 is 2.93 bits per heavy atom. The molecule has 1 aromatic carbocycles. The van der Waals surface area contributed by atoms with Gasteiger partial charge in [-0.05, 0) is 19.1 Å². The van der Waals surface area contributed by atoms with Crippen molar-refractivity contribution in [1.82, 2.24) is 0 Å². The number of carbonyl (C=O) groups excluding carboxylic acids is 1. The van der Waals surface area contributed by atoms with Crippen molar-refractivity contribution in [3.8, 4) is 0 Å².